The van der Waals surface area contributed by atoms with Crippen molar-refractivity contribution in [1.29, 1.82) is 0 Å². The standard InChI is InChI=1S/C20H21N3O3S/c24-23(25)18-7-5-17(6-8-18)22-12-11-21-14-16-3-9-19(10-4-16)26-15-20-2-1-13-27-20/h1-10,13,21-22H,11-12,14-15H2. The molecule has 0 aliphatic rings. The molecule has 0 amide bonds. The van der Waals surface area contributed by atoms with Gasteiger partial charge in [0.2, 0.25) is 0 Å². The molecule has 0 spiro atoms. The fourth-order valence-electron chi connectivity index (χ4n) is 2.48. The zero-order valence-electron chi connectivity index (χ0n) is 14.8. The van der Waals surface area contributed by atoms with E-state index in [1.807, 2.05) is 23.6 Å². The minimum Gasteiger partial charge on any atom is -0.488 e. The van der Waals surface area contributed by atoms with Gasteiger partial charge >= 0.3 is 0 Å². The molecule has 3 rings (SSSR count). The first kappa shape index (κ1) is 18.9. The van der Waals surface area contributed by atoms with Gasteiger partial charge in [0, 0.05) is 42.3 Å². The monoisotopic (exact) mass is 383 g/mol. The van der Waals surface area contributed by atoms with E-state index < -0.39 is 4.92 Å². The van der Waals surface area contributed by atoms with Gasteiger partial charge in [0.15, 0.2) is 0 Å². The molecule has 140 valence electrons. The van der Waals surface area contributed by atoms with Crippen molar-refractivity contribution in [2.45, 2.75) is 13.2 Å². The molecule has 0 aliphatic carbocycles. The van der Waals surface area contributed by atoms with Gasteiger partial charge in [-0.2, -0.15) is 0 Å². The number of nitro groups is 1. The Kier molecular flexibility index (Phi) is 6.78. The SMILES string of the molecule is O=[N+]([O-])c1ccc(NCCNCc2ccc(OCc3cccs3)cc2)cc1. The third-order valence-corrected chi connectivity index (χ3v) is 4.77. The van der Waals surface area contributed by atoms with Crippen molar-refractivity contribution >= 4 is 22.7 Å². The number of nitro benzene ring substituents is 1. The summed E-state index contributed by atoms with van der Waals surface area (Å²) in [6.07, 6.45) is 0. The number of nitrogens with zero attached hydrogens (tertiary/aromatic N) is 1. The highest BCUT2D eigenvalue weighted by Gasteiger charge is 2.03. The first-order valence-electron chi connectivity index (χ1n) is 8.64. The molecule has 0 saturated heterocycles. The second kappa shape index (κ2) is 9.70. The van der Waals surface area contributed by atoms with E-state index >= 15 is 0 Å². The van der Waals surface area contributed by atoms with Gasteiger partial charge in [-0.3, -0.25) is 10.1 Å². The van der Waals surface area contributed by atoms with Crippen molar-refractivity contribution in [3.63, 3.8) is 0 Å². The molecule has 0 radical (unpaired) electrons. The molecule has 0 fully saturated rings. The lowest BCUT2D eigenvalue weighted by atomic mass is 10.2. The second-order valence-electron chi connectivity index (χ2n) is 5.92. The Morgan fingerprint density at radius 3 is 2.44 bits per heavy atom. The fourth-order valence-corrected chi connectivity index (χ4v) is 3.10. The molecule has 0 atom stereocenters. The zero-order chi connectivity index (χ0) is 18.9. The largest absolute Gasteiger partial charge is 0.488 e. The van der Waals surface area contributed by atoms with Crippen LogP contribution >= 0.6 is 11.3 Å². The normalized spacial score (nSPS) is 10.5. The highest BCUT2D eigenvalue weighted by molar-refractivity contribution is 7.09. The quantitative estimate of drug-likeness (QED) is 0.308. The van der Waals surface area contributed by atoms with E-state index in [4.69, 9.17) is 4.74 Å². The van der Waals surface area contributed by atoms with E-state index in [0.29, 0.717) is 6.61 Å². The predicted octanol–water partition coefficient (Wildman–Crippen LogP) is 4.44. The van der Waals surface area contributed by atoms with Gasteiger partial charge in [-0.25, -0.2) is 0 Å². The minimum atomic E-state index is -0.399. The van der Waals surface area contributed by atoms with Crippen LogP contribution < -0.4 is 15.4 Å². The molecule has 0 aliphatic heterocycles. The van der Waals surface area contributed by atoms with Crippen LogP contribution in [0.25, 0.3) is 0 Å². The Balaban J connectivity index is 1.33. The molecule has 0 bridgehead atoms. The van der Waals surface area contributed by atoms with Gasteiger partial charge in [-0.15, -0.1) is 11.3 Å². The Morgan fingerprint density at radius 1 is 1.00 bits per heavy atom. The Morgan fingerprint density at radius 2 is 1.78 bits per heavy atom. The first-order chi connectivity index (χ1) is 13.2. The molecular formula is C20H21N3O3S. The summed E-state index contributed by atoms with van der Waals surface area (Å²) in [4.78, 5) is 11.4. The Labute approximate surface area is 162 Å². The Hall–Kier alpha value is -2.90. The number of anilines is 1. The van der Waals surface area contributed by atoms with E-state index in [9.17, 15) is 10.1 Å². The molecule has 27 heavy (non-hydrogen) atoms. The summed E-state index contributed by atoms with van der Waals surface area (Å²) in [5.41, 5.74) is 2.16. The van der Waals surface area contributed by atoms with Gasteiger partial charge in [-0.05, 0) is 41.3 Å². The van der Waals surface area contributed by atoms with Crippen LogP contribution in [-0.4, -0.2) is 18.0 Å². The molecule has 3 aromatic rings. The highest BCUT2D eigenvalue weighted by Crippen LogP contribution is 2.17. The molecule has 2 N–H and O–H groups in total. The number of ether oxygens (including phenoxy) is 1. The number of rotatable bonds is 10. The van der Waals surface area contributed by atoms with Gasteiger partial charge in [0.1, 0.15) is 12.4 Å². The van der Waals surface area contributed by atoms with Crippen LogP contribution in [0.4, 0.5) is 11.4 Å². The number of non-ortho nitro benzene ring substituents is 1. The lowest BCUT2D eigenvalue weighted by Gasteiger charge is -2.09. The van der Waals surface area contributed by atoms with Crippen LogP contribution in [0.15, 0.2) is 66.0 Å². The summed E-state index contributed by atoms with van der Waals surface area (Å²) in [7, 11) is 0. The molecule has 1 aromatic heterocycles. The fraction of sp³-hybridized carbons (Fsp3) is 0.200. The number of thiophene rings is 1. The van der Waals surface area contributed by atoms with Crippen LogP contribution in [-0.2, 0) is 13.2 Å². The molecule has 7 heteroatoms. The van der Waals surface area contributed by atoms with Crippen molar-refractivity contribution in [2.24, 2.45) is 0 Å². The highest BCUT2D eigenvalue weighted by atomic mass is 32.1. The van der Waals surface area contributed by atoms with Gasteiger partial charge in [0.05, 0.1) is 4.92 Å². The smallest absolute Gasteiger partial charge is 0.269 e. The number of hydrogen-bond donors (Lipinski definition) is 2. The van der Waals surface area contributed by atoms with E-state index in [1.165, 1.54) is 22.6 Å². The minimum absolute atomic E-state index is 0.0986. The predicted molar refractivity (Wildman–Crippen MR) is 108 cm³/mol. The Bertz CT molecular complexity index is 834. The summed E-state index contributed by atoms with van der Waals surface area (Å²) in [6, 6.07) is 18.6. The number of hydrogen-bond acceptors (Lipinski definition) is 6. The molecule has 2 aromatic carbocycles. The third-order valence-electron chi connectivity index (χ3n) is 3.92. The van der Waals surface area contributed by atoms with Crippen molar-refractivity contribution < 1.29 is 9.66 Å². The van der Waals surface area contributed by atoms with E-state index in [1.54, 1.807) is 23.5 Å². The zero-order valence-corrected chi connectivity index (χ0v) is 15.6. The van der Waals surface area contributed by atoms with E-state index in [2.05, 4.69) is 28.8 Å². The molecule has 0 unspecified atom stereocenters. The molecule has 0 saturated carbocycles. The second-order valence-corrected chi connectivity index (χ2v) is 6.95. The van der Waals surface area contributed by atoms with Crippen LogP contribution in [0.1, 0.15) is 10.4 Å². The number of benzene rings is 2. The van der Waals surface area contributed by atoms with Gasteiger partial charge in [0.25, 0.3) is 5.69 Å². The summed E-state index contributed by atoms with van der Waals surface area (Å²) in [6.45, 7) is 2.89. The average Bonchev–Trinajstić information content (AvgIpc) is 3.21. The number of nitrogens with one attached hydrogen (secondary N) is 2. The molecule has 1 heterocycles. The van der Waals surface area contributed by atoms with Crippen LogP contribution in [0.3, 0.4) is 0 Å². The van der Waals surface area contributed by atoms with Crippen molar-refractivity contribution in [3.05, 3.63) is 86.6 Å². The van der Waals surface area contributed by atoms with Gasteiger partial charge < -0.3 is 15.4 Å². The summed E-state index contributed by atoms with van der Waals surface area (Å²) >= 11 is 1.69. The van der Waals surface area contributed by atoms with Gasteiger partial charge in [-0.1, -0.05) is 18.2 Å². The van der Waals surface area contributed by atoms with Crippen molar-refractivity contribution in [3.8, 4) is 5.75 Å². The maximum atomic E-state index is 10.6. The van der Waals surface area contributed by atoms with Crippen molar-refractivity contribution in [1.82, 2.24) is 5.32 Å². The molecular weight excluding hydrogens is 362 g/mol. The molecule has 6 nitrogen and oxygen atoms in total. The summed E-state index contributed by atoms with van der Waals surface area (Å²) < 4.78 is 5.76. The third kappa shape index (κ3) is 6.09. The first-order valence-corrected chi connectivity index (χ1v) is 9.52. The van der Waals surface area contributed by atoms with Crippen LogP contribution in [0.5, 0.6) is 5.75 Å². The summed E-state index contributed by atoms with van der Waals surface area (Å²) in [5.74, 6) is 0.868. The van der Waals surface area contributed by atoms with E-state index in [0.717, 1.165) is 31.1 Å². The van der Waals surface area contributed by atoms with Crippen LogP contribution in [0.2, 0.25) is 0 Å². The summed E-state index contributed by atoms with van der Waals surface area (Å²) in [5, 5.41) is 19.3. The van der Waals surface area contributed by atoms with Crippen LogP contribution in [0, 0.1) is 10.1 Å². The maximum Gasteiger partial charge on any atom is 0.269 e. The lowest BCUT2D eigenvalue weighted by molar-refractivity contribution is -0.384. The topological polar surface area (TPSA) is 76.4 Å². The average molecular weight is 383 g/mol. The van der Waals surface area contributed by atoms with Crippen molar-refractivity contribution in [2.75, 3.05) is 18.4 Å². The maximum absolute atomic E-state index is 10.6. The van der Waals surface area contributed by atoms with E-state index in [-0.39, 0.29) is 5.69 Å². The lowest BCUT2D eigenvalue weighted by Crippen LogP contribution is -2.21.